The molecular formula is C19H19N3OS2. The third kappa shape index (κ3) is 2.82. The van der Waals surface area contributed by atoms with Crippen LogP contribution in [0, 0.1) is 11.3 Å². The number of ether oxygens (including phenoxy) is 1. The minimum absolute atomic E-state index is 0.155. The van der Waals surface area contributed by atoms with Gasteiger partial charge < -0.3 is 10.5 Å². The van der Waals surface area contributed by atoms with Gasteiger partial charge in [0.1, 0.15) is 5.75 Å². The van der Waals surface area contributed by atoms with E-state index in [-0.39, 0.29) is 5.54 Å². The Morgan fingerprint density at radius 1 is 1.32 bits per heavy atom. The van der Waals surface area contributed by atoms with Crippen LogP contribution in [0.15, 0.2) is 29.3 Å². The Morgan fingerprint density at radius 2 is 2.20 bits per heavy atom. The van der Waals surface area contributed by atoms with Crippen molar-refractivity contribution in [3.8, 4) is 22.3 Å². The van der Waals surface area contributed by atoms with Gasteiger partial charge in [-0.05, 0) is 55.5 Å². The van der Waals surface area contributed by atoms with Gasteiger partial charge in [-0.3, -0.25) is 4.99 Å². The number of nitrogens with zero attached hydrogens (tertiary/aromatic N) is 2. The number of aryl methyl sites for hydroxylation is 1. The lowest BCUT2D eigenvalue weighted by Crippen LogP contribution is -2.34. The first-order valence-corrected chi connectivity index (χ1v) is 10.2. The van der Waals surface area contributed by atoms with Crippen LogP contribution in [0.25, 0.3) is 10.4 Å². The van der Waals surface area contributed by atoms with Gasteiger partial charge in [0.05, 0.1) is 24.3 Å². The maximum atomic E-state index is 9.24. The summed E-state index contributed by atoms with van der Waals surface area (Å²) in [5, 5.41) is 9.95. The summed E-state index contributed by atoms with van der Waals surface area (Å²) in [6, 6.07) is 10.1. The minimum atomic E-state index is -0.155. The van der Waals surface area contributed by atoms with Gasteiger partial charge in [-0.2, -0.15) is 5.26 Å². The van der Waals surface area contributed by atoms with Crippen LogP contribution in [0.3, 0.4) is 0 Å². The van der Waals surface area contributed by atoms with Gasteiger partial charge in [-0.15, -0.1) is 11.3 Å². The van der Waals surface area contributed by atoms with Crippen molar-refractivity contribution in [1.82, 2.24) is 0 Å². The molecule has 2 heterocycles. The molecule has 0 saturated carbocycles. The molecule has 1 aromatic carbocycles. The number of amidine groups is 1. The third-order valence-electron chi connectivity index (χ3n) is 4.99. The fourth-order valence-electron chi connectivity index (χ4n) is 3.79. The van der Waals surface area contributed by atoms with Gasteiger partial charge in [0.15, 0.2) is 5.17 Å². The van der Waals surface area contributed by atoms with E-state index in [1.165, 1.54) is 10.4 Å². The van der Waals surface area contributed by atoms with Crippen LogP contribution in [0.1, 0.15) is 35.3 Å². The number of benzene rings is 1. The molecule has 6 heteroatoms. The van der Waals surface area contributed by atoms with Crippen molar-refractivity contribution < 1.29 is 4.74 Å². The lowest BCUT2D eigenvalue weighted by Gasteiger charge is -2.36. The Morgan fingerprint density at radius 3 is 2.96 bits per heavy atom. The number of hydrogen-bond acceptors (Lipinski definition) is 6. The average molecular weight is 370 g/mol. The van der Waals surface area contributed by atoms with Gasteiger partial charge in [0.2, 0.25) is 0 Å². The molecule has 0 fully saturated rings. The lowest BCUT2D eigenvalue weighted by atomic mass is 9.78. The number of hydrogen-bond donors (Lipinski definition) is 1. The SMILES string of the molecule is COc1ccc(C#N)cc1-c1cc2c(s1)CCCC21CCSC(N)=N1. The summed E-state index contributed by atoms with van der Waals surface area (Å²) < 4.78 is 5.53. The molecular weight excluding hydrogens is 350 g/mol. The number of rotatable bonds is 2. The van der Waals surface area contributed by atoms with E-state index >= 15 is 0 Å². The number of nitriles is 1. The Bertz CT molecular complexity index is 897. The zero-order valence-electron chi connectivity index (χ0n) is 14.0. The Kier molecular flexibility index (Phi) is 4.22. The van der Waals surface area contributed by atoms with Crippen molar-refractivity contribution >= 4 is 28.3 Å². The second kappa shape index (κ2) is 6.40. The maximum absolute atomic E-state index is 9.24. The first-order valence-electron chi connectivity index (χ1n) is 8.35. The molecule has 4 nitrogen and oxygen atoms in total. The first kappa shape index (κ1) is 16.5. The maximum Gasteiger partial charge on any atom is 0.154 e. The molecule has 1 aromatic heterocycles. The van der Waals surface area contributed by atoms with Crippen molar-refractivity contribution in [2.24, 2.45) is 10.7 Å². The van der Waals surface area contributed by atoms with Gasteiger partial charge in [0, 0.05) is 21.1 Å². The van der Waals surface area contributed by atoms with E-state index in [1.807, 2.05) is 12.1 Å². The molecule has 2 N–H and O–H groups in total. The fourth-order valence-corrected chi connectivity index (χ4v) is 5.99. The third-order valence-corrected chi connectivity index (χ3v) is 7.01. The number of nitrogens with two attached hydrogens (primary N) is 1. The molecule has 2 aliphatic rings. The van der Waals surface area contributed by atoms with E-state index in [0.717, 1.165) is 47.6 Å². The van der Waals surface area contributed by atoms with Crippen LogP contribution in [0.2, 0.25) is 0 Å². The second-order valence-corrected chi connectivity index (χ2v) is 8.66. The van der Waals surface area contributed by atoms with Gasteiger partial charge in [0.25, 0.3) is 0 Å². The summed E-state index contributed by atoms with van der Waals surface area (Å²) in [6.45, 7) is 0. The zero-order chi connectivity index (χ0) is 17.4. The molecule has 1 aliphatic carbocycles. The van der Waals surface area contributed by atoms with Crippen LogP contribution >= 0.6 is 23.1 Å². The number of thiophene rings is 1. The van der Waals surface area contributed by atoms with E-state index in [1.54, 1.807) is 36.3 Å². The molecule has 128 valence electrons. The molecule has 0 radical (unpaired) electrons. The molecule has 0 bridgehead atoms. The molecule has 1 unspecified atom stereocenters. The number of aliphatic imine (C=N–C) groups is 1. The molecule has 1 spiro atoms. The molecule has 1 atom stereocenters. The summed E-state index contributed by atoms with van der Waals surface area (Å²) in [5.41, 5.74) is 8.86. The Balaban J connectivity index is 1.85. The Labute approximate surface area is 155 Å². The largest absolute Gasteiger partial charge is 0.496 e. The standard InChI is InChI=1S/C19H19N3OS2/c1-23-15-5-4-12(11-20)9-13(15)17-10-14-16(25-17)3-2-6-19(14)7-8-24-18(21)22-19/h4-5,9-10H,2-3,6-8H2,1H3,(H2,21,22). The Hall–Kier alpha value is -1.97. The predicted octanol–water partition coefficient (Wildman–Crippen LogP) is 4.28. The molecule has 0 saturated heterocycles. The lowest BCUT2D eigenvalue weighted by molar-refractivity contribution is 0.368. The molecule has 4 rings (SSSR count). The summed E-state index contributed by atoms with van der Waals surface area (Å²) in [6.07, 6.45) is 4.33. The van der Waals surface area contributed by atoms with Crippen LogP contribution in [-0.4, -0.2) is 18.0 Å². The summed E-state index contributed by atoms with van der Waals surface area (Å²) in [4.78, 5) is 7.42. The smallest absolute Gasteiger partial charge is 0.154 e. The van der Waals surface area contributed by atoms with Gasteiger partial charge in [-0.25, -0.2) is 0 Å². The van der Waals surface area contributed by atoms with E-state index in [0.29, 0.717) is 10.7 Å². The van der Waals surface area contributed by atoms with E-state index in [4.69, 9.17) is 15.5 Å². The van der Waals surface area contributed by atoms with E-state index in [9.17, 15) is 5.26 Å². The normalized spacial score (nSPS) is 22.2. The van der Waals surface area contributed by atoms with Crippen molar-refractivity contribution in [2.75, 3.05) is 12.9 Å². The van der Waals surface area contributed by atoms with Crippen molar-refractivity contribution in [1.29, 1.82) is 5.26 Å². The monoisotopic (exact) mass is 369 g/mol. The van der Waals surface area contributed by atoms with E-state index < -0.39 is 0 Å². The average Bonchev–Trinajstić information content (AvgIpc) is 3.07. The zero-order valence-corrected chi connectivity index (χ0v) is 15.7. The van der Waals surface area contributed by atoms with Crippen molar-refractivity contribution in [3.05, 3.63) is 40.3 Å². The first-order chi connectivity index (χ1) is 12.1. The van der Waals surface area contributed by atoms with Crippen molar-refractivity contribution in [2.45, 2.75) is 31.2 Å². The number of methoxy groups -OCH3 is 1. The second-order valence-electron chi connectivity index (χ2n) is 6.41. The highest BCUT2D eigenvalue weighted by Gasteiger charge is 2.39. The molecule has 25 heavy (non-hydrogen) atoms. The van der Waals surface area contributed by atoms with Gasteiger partial charge in [-0.1, -0.05) is 11.8 Å². The highest BCUT2D eigenvalue weighted by molar-refractivity contribution is 8.13. The number of fused-ring (bicyclic) bond motifs is 2. The predicted molar refractivity (Wildman–Crippen MR) is 104 cm³/mol. The molecule has 0 amide bonds. The van der Waals surface area contributed by atoms with Gasteiger partial charge >= 0.3 is 0 Å². The summed E-state index contributed by atoms with van der Waals surface area (Å²) in [7, 11) is 1.67. The van der Waals surface area contributed by atoms with E-state index in [2.05, 4.69) is 12.1 Å². The summed E-state index contributed by atoms with van der Waals surface area (Å²) in [5.74, 6) is 1.82. The van der Waals surface area contributed by atoms with Crippen LogP contribution in [0.4, 0.5) is 0 Å². The molecule has 1 aliphatic heterocycles. The van der Waals surface area contributed by atoms with Crippen LogP contribution < -0.4 is 10.5 Å². The fraction of sp³-hybridized carbons (Fsp3) is 0.368. The number of thioether (sulfide) groups is 1. The highest BCUT2D eigenvalue weighted by Crippen LogP contribution is 2.49. The van der Waals surface area contributed by atoms with Crippen molar-refractivity contribution in [3.63, 3.8) is 0 Å². The highest BCUT2D eigenvalue weighted by atomic mass is 32.2. The minimum Gasteiger partial charge on any atom is -0.496 e. The summed E-state index contributed by atoms with van der Waals surface area (Å²) >= 11 is 3.45. The van der Waals surface area contributed by atoms with Crippen LogP contribution in [0.5, 0.6) is 5.75 Å². The quantitative estimate of drug-likeness (QED) is 0.858. The topological polar surface area (TPSA) is 71.4 Å². The molecule has 2 aromatic rings. The van der Waals surface area contributed by atoms with Crippen LogP contribution in [-0.2, 0) is 12.0 Å².